The van der Waals surface area contributed by atoms with Crippen molar-refractivity contribution in [2.24, 2.45) is 30.2 Å². The highest BCUT2D eigenvalue weighted by Gasteiger charge is 2.53. The Balaban J connectivity index is 1.35. The summed E-state index contributed by atoms with van der Waals surface area (Å²) in [7, 11) is 2.01. The van der Waals surface area contributed by atoms with Gasteiger partial charge in [0.05, 0.1) is 0 Å². The number of nitrogens with one attached hydrogen (secondary N) is 2. The number of carbonyl (C=O) groups excluding carboxylic acids is 2. The van der Waals surface area contributed by atoms with Crippen LogP contribution in [0.3, 0.4) is 0 Å². The van der Waals surface area contributed by atoms with Gasteiger partial charge in [0.1, 0.15) is 11.6 Å². The third-order valence-electron chi connectivity index (χ3n) is 8.77. The fraction of sp³-hybridized carbons (Fsp3) is 0.655. The molecule has 0 spiro atoms. The molecule has 2 aromatic rings. The molecule has 35 heavy (non-hydrogen) atoms. The molecular formula is C29H41N3O3. The highest BCUT2D eigenvalue weighted by Crippen LogP contribution is 2.61. The molecule has 2 atom stereocenters. The van der Waals surface area contributed by atoms with Gasteiger partial charge in [-0.25, -0.2) is 4.79 Å². The van der Waals surface area contributed by atoms with E-state index in [-0.39, 0.29) is 17.4 Å². The summed E-state index contributed by atoms with van der Waals surface area (Å²) in [5.41, 5.74) is 1.74. The molecule has 4 aliphatic rings. The van der Waals surface area contributed by atoms with Gasteiger partial charge in [-0.15, -0.1) is 0 Å². The Morgan fingerprint density at radius 1 is 1.06 bits per heavy atom. The van der Waals surface area contributed by atoms with E-state index < -0.39 is 17.7 Å². The molecule has 1 aromatic heterocycles. The minimum absolute atomic E-state index is 0.0962. The molecule has 2 N–H and O–H groups in total. The summed E-state index contributed by atoms with van der Waals surface area (Å²) >= 11 is 0. The summed E-state index contributed by atoms with van der Waals surface area (Å²) in [4.78, 5) is 26.4. The standard InChI is InChI=1S/C29H41N3O3/c1-18(29-14-19-10-20(15-29)12-21(11-19)16-29)30-26(33)24(31-27(34)35-28(2,3)4)13-22-17-32(5)25-9-7-6-8-23(22)25/h6-9,17-21,24H,10-16H2,1-5H3,(H,30,33)(H,31,34)/t18?,19?,20?,21?,24-,29?/m0/s1. The Morgan fingerprint density at radius 3 is 2.26 bits per heavy atom. The number of hydrogen-bond acceptors (Lipinski definition) is 3. The normalized spacial score (nSPS) is 29.1. The average Bonchev–Trinajstić information content (AvgIpc) is 3.06. The smallest absolute Gasteiger partial charge is 0.408 e. The van der Waals surface area contributed by atoms with E-state index in [2.05, 4.69) is 40.5 Å². The molecule has 0 saturated heterocycles. The van der Waals surface area contributed by atoms with Crippen LogP contribution in [-0.4, -0.2) is 34.3 Å². The number of ether oxygens (including phenoxy) is 1. The van der Waals surface area contributed by atoms with Crippen LogP contribution in [0.1, 0.15) is 71.8 Å². The zero-order valence-electron chi connectivity index (χ0n) is 21.9. The predicted molar refractivity (Wildman–Crippen MR) is 138 cm³/mol. The summed E-state index contributed by atoms with van der Waals surface area (Å²) in [6, 6.07) is 7.57. The maximum atomic E-state index is 13.7. The summed E-state index contributed by atoms with van der Waals surface area (Å²) in [6.45, 7) is 7.69. The quantitative estimate of drug-likeness (QED) is 0.588. The van der Waals surface area contributed by atoms with Crippen LogP contribution in [0.15, 0.2) is 30.5 Å². The van der Waals surface area contributed by atoms with Crippen LogP contribution in [-0.2, 0) is 23.0 Å². The minimum Gasteiger partial charge on any atom is -0.444 e. The molecule has 4 aliphatic carbocycles. The van der Waals surface area contributed by atoms with Crippen molar-refractivity contribution < 1.29 is 14.3 Å². The van der Waals surface area contributed by atoms with Gasteiger partial charge in [-0.2, -0.15) is 0 Å². The zero-order valence-corrected chi connectivity index (χ0v) is 21.9. The lowest BCUT2D eigenvalue weighted by atomic mass is 9.48. The number of carbonyl (C=O) groups is 2. The number of aryl methyl sites for hydroxylation is 1. The highest BCUT2D eigenvalue weighted by molar-refractivity contribution is 5.88. The van der Waals surface area contributed by atoms with Crippen LogP contribution in [0.4, 0.5) is 4.79 Å². The van der Waals surface area contributed by atoms with Crippen LogP contribution in [0.25, 0.3) is 10.9 Å². The van der Waals surface area contributed by atoms with Crippen LogP contribution in [0.2, 0.25) is 0 Å². The number of para-hydroxylation sites is 1. The molecule has 4 bridgehead atoms. The number of amides is 2. The second-order valence-electron chi connectivity index (χ2n) is 12.7. The summed E-state index contributed by atoms with van der Waals surface area (Å²) < 4.78 is 7.59. The molecule has 1 aromatic carbocycles. The maximum absolute atomic E-state index is 13.7. The molecule has 2 amide bonds. The SMILES string of the molecule is CC(NC(=O)[C@H](Cc1cn(C)c2ccccc12)NC(=O)OC(C)(C)C)C12CC3CC(CC(C3)C1)C2. The third-order valence-corrected chi connectivity index (χ3v) is 8.77. The minimum atomic E-state index is -0.702. The van der Waals surface area contributed by atoms with Gasteiger partial charge in [0.2, 0.25) is 5.91 Å². The van der Waals surface area contributed by atoms with E-state index in [0.717, 1.165) is 34.2 Å². The second-order valence-corrected chi connectivity index (χ2v) is 12.7. The van der Waals surface area contributed by atoms with Gasteiger partial charge in [-0.3, -0.25) is 4.79 Å². The molecule has 1 unspecified atom stereocenters. The molecule has 6 heteroatoms. The Kier molecular flexibility index (Phi) is 6.13. The van der Waals surface area contributed by atoms with Gasteiger partial charge in [0.15, 0.2) is 0 Å². The first-order valence-corrected chi connectivity index (χ1v) is 13.3. The van der Waals surface area contributed by atoms with E-state index >= 15 is 0 Å². The zero-order chi connectivity index (χ0) is 25.0. The van der Waals surface area contributed by atoms with E-state index in [0.29, 0.717) is 6.42 Å². The molecule has 0 aliphatic heterocycles. The van der Waals surface area contributed by atoms with Crippen LogP contribution in [0, 0.1) is 23.2 Å². The van der Waals surface area contributed by atoms with Gasteiger partial charge >= 0.3 is 6.09 Å². The number of hydrogen-bond donors (Lipinski definition) is 2. The maximum Gasteiger partial charge on any atom is 0.408 e. The largest absolute Gasteiger partial charge is 0.444 e. The Hall–Kier alpha value is -2.50. The van der Waals surface area contributed by atoms with Crippen molar-refractivity contribution in [2.45, 2.75) is 90.3 Å². The lowest BCUT2D eigenvalue weighted by molar-refractivity contribution is -0.127. The number of fused-ring (bicyclic) bond motifs is 1. The average molecular weight is 480 g/mol. The van der Waals surface area contributed by atoms with Crippen LogP contribution >= 0.6 is 0 Å². The molecule has 190 valence electrons. The first-order chi connectivity index (χ1) is 16.5. The monoisotopic (exact) mass is 479 g/mol. The molecule has 4 saturated carbocycles. The topological polar surface area (TPSA) is 72.4 Å². The van der Waals surface area contributed by atoms with Crippen molar-refractivity contribution in [1.82, 2.24) is 15.2 Å². The van der Waals surface area contributed by atoms with Crippen molar-refractivity contribution in [2.75, 3.05) is 0 Å². The fourth-order valence-electron chi connectivity index (χ4n) is 7.64. The molecule has 6 nitrogen and oxygen atoms in total. The summed E-state index contributed by atoms with van der Waals surface area (Å²) in [5, 5.41) is 7.36. The van der Waals surface area contributed by atoms with Crippen molar-refractivity contribution in [3.05, 3.63) is 36.0 Å². The number of aromatic nitrogens is 1. The summed E-state index contributed by atoms with van der Waals surface area (Å²) in [5.74, 6) is 2.36. The van der Waals surface area contributed by atoms with E-state index in [9.17, 15) is 9.59 Å². The number of rotatable bonds is 6. The Bertz CT molecular complexity index is 1080. The third kappa shape index (κ3) is 4.94. The summed E-state index contributed by atoms with van der Waals surface area (Å²) in [6.07, 6.45) is 9.75. The van der Waals surface area contributed by atoms with Gasteiger partial charge in [0.25, 0.3) is 0 Å². The van der Waals surface area contributed by atoms with Crippen LogP contribution < -0.4 is 10.6 Å². The van der Waals surface area contributed by atoms with Gasteiger partial charge < -0.3 is 19.9 Å². The first kappa shape index (κ1) is 24.2. The van der Waals surface area contributed by atoms with E-state index in [1.165, 1.54) is 38.5 Å². The highest BCUT2D eigenvalue weighted by atomic mass is 16.6. The molecule has 1 heterocycles. The van der Waals surface area contributed by atoms with E-state index in [1.54, 1.807) is 0 Å². The van der Waals surface area contributed by atoms with Gasteiger partial charge in [-0.05, 0) is 101 Å². The molecular weight excluding hydrogens is 438 g/mol. The number of benzene rings is 1. The first-order valence-electron chi connectivity index (χ1n) is 13.3. The lowest BCUT2D eigenvalue weighted by Gasteiger charge is -2.59. The van der Waals surface area contributed by atoms with E-state index in [1.807, 2.05) is 40.0 Å². The number of nitrogens with zero attached hydrogens (tertiary/aromatic N) is 1. The van der Waals surface area contributed by atoms with Crippen molar-refractivity contribution in [3.63, 3.8) is 0 Å². The lowest BCUT2D eigenvalue weighted by Crippen LogP contribution is -2.58. The van der Waals surface area contributed by atoms with Crippen molar-refractivity contribution in [3.8, 4) is 0 Å². The van der Waals surface area contributed by atoms with Crippen molar-refractivity contribution >= 4 is 22.9 Å². The predicted octanol–water partition coefficient (Wildman–Crippen LogP) is 5.34. The number of alkyl carbamates (subject to hydrolysis) is 1. The molecule has 0 radical (unpaired) electrons. The van der Waals surface area contributed by atoms with Crippen LogP contribution in [0.5, 0.6) is 0 Å². The van der Waals surface area contributed by atoms with Crippen molar-refractivity contribution in [1.29, 1.82) is 0 Å². The van der Waals surface area contributed by atoms with Gasteiger partial charge in [-0.1, -0.05) is 18.2 Å². The molecule has 6 rings (SSSR count). The Labute approximate surface area is 209 Å². The Morgan fingerprint density at radius 2 is 1.66 bits per heavy atom. The van der Waals surface area contributed by atoms with E-state index in [4.69, 9.17) is 4.74 Å². The van der Waals surface area contributed by atoms with Gasteiger partial charge in [0, 0.05) is 36.6 Å². The molecule has 4 fully saturated rings. The fourth-order valence-corrected chi connectivity index (χ4v) is 7.64. The second kappa shape index (κ2) is 8.86.